The highest BCUT2D eigenvalue weighted by Crippen LogP contribution is 2.27. The molecule has 0 atom stereocenters. The summed E-state index contributed by atoms with van der Waals surface area (Å²) < 4.78 is 15.7. The van der Waals surface area contributed by atoms with Crippen LogP contribution in [-0.4, -0.2) is 28.1 Å². The summed E-state index contributed by atoms with van der Waals surface area (Å²) in [6.45, 7) is 4.50. The molecule has 8 nitrogen and oxygen atoms in total. The number of furan rings is 1. The van der Waals surface area contributed by atoms with Crippen LogP contribution in [0.3, 0.4) is 0 Å². The van der Waals surface area contributed by atoms with E-state index in [9.17, 15) is 10.1 Å². The van der Waals surface area contributed by atoms with Crippen molar-refractivity contribution in [2.24, 2.45) is 0 Å². The zero-order valence-electron chi connectivity index (χ0n) is 11.0. The van der Waals surface area contributed by atoms with Gasteiger partial charge in [0.25, 0.3) is 0 Å². The van der Waals surface area contributed by atoms with Crippen molar-refractivity contribution < 1.29 is 18.8 Å². The van der Waals surface area contributed by atoms with E-state index in [1.54, 1.807) is 6.07 Å². The molecule has 106 valence electrons. The molecule has 8 heteroatoms. The minimum atomic E-state index is -0.626. The molecule has 2 heterocycles. The fourth-order valence-electron chi connectivity index (χ4n) is 1.50. The largest absolute Gasteiger partial charge is 0.478 e. The van der Waals surface area contributed by atoms with Crippen LogP contribution < -0.4 is 9.47 Å². The van der Waals surface area contributed by atoms with Gasteiger partial charge in [-0.15, -0.1) is 0 Å². The monoisotopic (exact) mass is 279 g/mol. The van der Waals surface area contributed by atoms with E-state index in [4.69, 9.17) is 13.9 Å². The zero-order valence-corrected chi connectivity index (χ0v) is 11.0. The molecule has 0 saturated heterocycles. The van der Waals surface area contributed by atoms with E-state index in [0.717, 1.165) is 0 Å². The van der Waals surface area contributed by atoms with Gasteiger partial charge in [0.05, 0.1) is 25.3 Å². The lowest BCUT2D eigenvalue weighted by Gasteiger charge is -2.07. The van der Waals surface area contributed by atoms with E-state index in [1.807, 2.05) is 13.8 Å². The first kappa shape index (κ1) is 13.8. The molecule has 2 aromatic rings. The molecule has 0 bridgehead atoms. The van der Waals surface area contributed by atoms with Crippen molar-refractivity contribution >= 4 is 5.88 Å². The first-order valence-electron chi connectivity index (χ1n) is 6.03. The van der Waals surface area contributed by atoms with Gasteiger partial charge in [-0.25, -0.2) is 0 Å². The summed E-state index contributed by atoms with van der Waals surface area (Å²) in [4.78, 5) is 18.2. The lowest BCUT2D eigenvalue weighted by molar-refractivity contribution is -0.401. The summed E-state index contributed by atoms with van der Waals surface area (Å²) in [5.74, 6) is 0.620. The minimum Gasteiger partial charge on any atom is -0.478 e. The average Bonchev–Trinajstić information content (AvgIpc) is 2.89. The van der Waals surface area contributed by atoms with E-state index >= 15 is 0 Å². The number of aromatic nitrogens is 2. The second kappa shape index (κ2) is 6.00. The third-order valence-corrected chi connectivity index (χ3v) is 2.26. The summed E-state index contributed by atoms with van der Waals surface area (Å²) >= 11 is 0. The van der Waals surface area contributed by atoms with Crippen LogP contribution in [-0.2, 0) is 0 Å². The van der Waals surface area contributed by atoms with Gasteiger partial charge in [0.2, 0.25) is 17.6 Å². The minimum absolute atomic E-state index is 0.174. The van der Waals surface area contributed by atoms with Crippen molar-refractivity contribution in [3.8, 4) is 23.3 Å². The summed E-state index contributed by atoms with van der Waals surface area (Å²) in [5, 5.41) is 10.6. The van der Waals surface area contributed by atoms with Gasteiger partial charge in [0.15, 0.2) is 5.76 Å². The van der Waals surface area contributed by atoms with Crippen molar-refractivity contribution in [1.29, 1.82) is 0 Å². The molecule has 2 aromatic heterocycles. The Morgan fingerprint density at radius 2 is 1.80 bits per heavy atom. The molecule has 0 fully saturated rings. The second-order valence-corrected chi connectivity index (χ2v) is 3.63. The topological polar surface area (TPSA) is 101 Å². The van der Waals surface area contributed by atoms with Gasteiger partial charge in [-0.3, -0.25) is 10.1 Å². The molecule has 2 rings (SSSR count). The Hall–Kier alpha value is -2.64. The number of nitro groups is 1. The van der Waals surface area contributed by atoms with Crippen LogP contribution in [0.25, 0.3) is 11.6 Å². The fraction of sp³-hybridized carbons (Fsp3) is 0.333. The predicted octanol–water partition coefficient (Wildman–Crippen LogP) is 2.44. The van der Waals surface area contributed by atoms with Crippen molar-refractivity contribution in [3.63, 3.8) is 0 Å². The number of hydrogen-bond donors (Lipinski definition) is 0. The molecular formula is C12H13N3O5. The van der Waals surface area contributed by atoms with Gasteiger partial charge in [0.1, 0.15) is 4.92 Å². The molecule has 0 spiro atoms. The highest BCUT2D eigenvalue weighted by molar-refractivity contribution is 5.50. The molecule has 0 saturated carbocycles. The van der Waals surface area contributed by atoms with Crippen molar-refractivity contribution in [2.45, 2.75) is 13.8 Å². The molecule has 0 aromatic carbocycles. The van der Waals surface area contributed by atoms with Crippen LogP contribution in [0.5, 0.6) is 11.8 Å². The SMILES string of the molecule is CCOc1cc(OCC)nc(-c2ccc([N+](=O)[O-])o2)n1. The smallest absolute Gasteiger partial charge is 0.433 e. The highest BCUT2D eigenvalue weighted by Gasteiger charge is 2.17. The standard InChI is InChI=1S/C12H13N3O5/c1-3-18-9-7-10(19-4-2)14-12(13-9)8-5-6-11(20-8)15(16)17/h5-7H,3-4H2,1-2H3. The van der Waals surface area contributed by atoms with Crippen molar-refractivity contribution in [3.05, 3.63) is 28.3 Å². The van der Waals surface area contributed by atoms with Crippen molar-refractivity contribution in [2.75, 3.05) is 13.2 Å². The van der Waals surface area contributed by atoms with Crippen LogP contribution in [0.4, 0.5) is 5.88 Å². The molecule has 0 aliphatic rings. The summed E-state index contributed by atoms with van der Waals surface area (Å²) in [7, 11) is 0. The molecule has 0 amide bonds. The molecular weight excluding hydrogens is 266 g/mol. The highest BCUT2D eigenvalue weighted by atomic mass is 16.6. The molecule has 0 unspecified atom stereocenters. The fourth-order valence-corrected chi connectivity index (χ4v) is 1.50. The van der Waals surface area contributed by atoms with Gasteiger partial charge in [0, 0.05) is 0 Å². The Labute approximate surface area is 114 Å². The maximum atomic E-state index is 10.6. The van der Waals surface area contributed by atoms with E-state index in [2.05, 4.69) is 9.97 Å². The Balaban J connectivity index is 2.39. The quantitative estimate of drug-likeness (QED) is 0.591. The van der Waals surface area contributed by atoms with Gasteiger partial charge < -0.3 is 13.9 Å². The first-order valence-corrected chi connectivity index (χ1v) is 6.03. The molecule has 0 N–H and O–H groups in total. The van der Waals surface area contributed by atoms with E-state index < -0.39 is 4.92 Å². The molecule has 0 aliphatic heterocycles. The maximum absolute atomic E-state index is 10.6. The van der Waals surface area contributed by atoms with Crippen LogP contribution in [0.2, 0.25) is 0 Å². The lowest BCUT2D eigenvalue weighted by Crippen LogP contribution is -2.01. The Morgan fingerprint density at radius 1 is 1.20 bits per heavy atom. The maximum Gasteiger partial charge on any atom is 0.433 e. The van der Waals surface area contributed by atoms with Gasteiger partial charge in [-0.2, -0.15) is 9.97 Å². The Morgan fingerprint density at radius 3 is 2.25 bits per heavy atom. The third-order valence-electron chi connectivity index (χ3n) is 2.26. The summed E-state index contributed by atoms with van der Waals surface area (Å²) in [5.41, 5.74) is 0. The average molecular weight is 279 g/mol. The van der Waals surface area contributed by atoms with E-state index in [1.165, 1.54) is 12.1 Å². The molecule has 0 aliphatic carbocycles. The summed E-state index contributed by atoms with van der Waals surface area (Å²) in [6.07, 6.45) is 0. The Kier molecular flexibility index (Phi) is 4.14. The van der Waals surface area contributed by atoms with Crippen LogP contribution in [0.15, 0.2) is 22.6 Å². The van der Waals surface area contributed by atoms with Crippen molar-refractivity contribution in [1.82, 2.24) is 9.97 Å². The number of ether oxygens (including phenoxy) is 2. The summed E-state index contributed by atoms with van der Waals surface area (Å²) in [6, 6.07) is 4.22. The number of nitrogens with zero attached hydrogens (tertiary/aromatic N) is 3. The first-order chi connectivity index (χ1) is 9.63. The third kappa shape index (κ3) is 3.02. The van der Waals surface area contributed by atoms with E-state index in [0.29, 0.717) is 25.0 Å². The lowest BCUT2D eigenvalue weighted by atomic mass is 10.4. The number of rotatable bonds is 6. The van der Waals surface area contributed by atoms with E-state index in [-0.39, 0.29) is 17.5 Å². The normalized spacial score (nSPS) is 10.3. The predicted molar refractivity (Wildman–Crippen MR) is 68.7 cm³/mol. The van der Waals surface area contributed by atoms with Gasteiger partial charge in [-0.1, -0.05) is 0 Å². The number of hydrogen-bond acceptors (Lipinski definition) is 7. The van der Waals surface area contributed by atoms with Gasteiger partial charge in [-0.05, 0) is 19.9 Å². The second-order valence-electron chi connectivity index (χ2n) is 3.63. The zero-order chi connectivity index (χ0) is 14.5. The van der Waals surface area contributed by atoms with Crippen LogP contribution >= 0.6 is 0 Å². The van der Waals surface area contributed by atoms with Crippen LogP contribution in [0, 0.1) is 10.1 Å². The Bertz CT molecular complexity index is 587. The molecule has 20 heavy (non-hydrogen) atoms. The molecule has 0 radical (unpaired) electrons. The van der Waals surface area contributed by atoms with Gasteiger partial charge >= 0.3 is 5.88 Å². The van der Waals surface area contributed by atoms with Crippen LogP contribution in [0.1, 0.15) is 13.8 Å².